The summed E-state index contributed by atoms with van der Waals surface area (Å²) in [5.41, 5.74) is 3.50. The predicted octanol–water partition coefficient (Wildman–Crippen LogP) is 4.00. The zero-order valence-corrected chi connectivity index (χ0v) is 14.1. The van der Waals surface area contributed by atoms with Crippen molar-refractivity contribution in [3.63, 3.8) is 0 Å². The molecule has 120 valence electrons. The predicted molar refractivity (Wildman–Crippen MR) is 91.8 cm³/mol. The zero-order valence-electron chi connectivity index (χ0n) is 13.4. The minimum absolute atomic E-state index is 0.0205. The number of hydrogen-bond acceptors (Lipinski definition) is 2. The maximum Gasteiger partial charge on any atom is 0.263 e. The number of carbonyl (C=O) groups is 1. The standard InChI is InChI=1S/C19H20ClNO2/c1-13-11-17(7-8-18(13)20)23-14(2)19(22)21-10-9-15-5-3-4-6-16(15)12-21/h3-8,11,14H,9-10,12H2,1-2H3/t14-/m1/s1. The fourth-order valence-electron chi connectivity index (χ4n) is 2.89. The molecule has 0 saturated heterocycles. The Bertz CT molecular complexity index is 729. The summed E-state index contributed by atoms with van der Waals surface area (Å²) in [6.45, 7) is 5.11. The van der Waals surface area contributed by atoms with Gasteiger partial charge in [0.2, 0.25) is 0 Å². The monoisotopic (exact) mass is 329 g/mol. The van der Waals surface area contributed by atoms with Crippen LogP contribution in [0.25, 0.3) is 0 Å². The molecule has 23 heavy (non-hydrogen) atoms. The third-order valence-corrected chi connectivity index (χ3v) is 4.66. The van der Waals surface area contributed by atoms with Crippen LogP contribution in [-0.4, -0.2) is 23.5 Å². The molecule has 1 aliphatic rings. The van der Waals surface area contributed by atoms with E-state index in [2.05, 4.69) is 12.1 Å². The third kappa shape index (κ3) is 3.50. The first-order valence-corrected chi connectivity index (χ1v) is 8.21. The lowest BCUT2D eigenvalue weighted by atomic mass is 9.99. The molecule has 3 nitrogen and oxygen atoms in total. The average molecular weight is 330 g/mol. The molecule has 1 atom stereocenters. The van der Waals surface area contributed by atoms with Crippen molar-refractivity contribution in [3.8, 4) is 5.75 Å². The number of nitrogens with zero attached hydrogens (tertiary/aromatic N) is 1. The van der Waals surface area contributed by atoms with Crippen molar-refractivity contribution in [3.05, 3.63) is 64.2 Å². The van der Waals surface area contributed by atoms with E-state index in [9.17, 15) is 4.79 Å². The summed E-state index contributed by atoms with van der Waals surface area (Å²) in [4.78, 5) is 14.5. The molecule has 0 spiro atoms. The van der Waals surface area contributed by atoms with Gasteiger partial charge in [0.15, 0.2) is 6.10 Å². The molecule has 0 saturated carbocycles. The molecule has 0 bridgehead atoms. The number of hydrogen-bond donors (Lipinski definition) is 0. The molecule has 0 aliphatic carbocycles. The second kappa shape index (κ2) is 6.63. The Kier molecular flexibility index (Phi) is 4.58. The van der Waals surface area contributed by atoms with Gasteiger partial charge in [-0.3, -0.25) is 4.79 Å². The van der Waals surface area contributed by atoms with E-state index in [1.165, 1.54) is 11.1 Å². The van der Waals surface area contributed by atoms with Gasteiger partial charge in [0.05, 0.1) is 0 Å². The maximum atomic E-state index is 12.6. The number of benzene rings is 2. The van der Waals surface area contributed by atoms with Crippen LogP contribution in [0.2, 0.25) is 5.02 Å². The molecule has 2 aromatic rings. The topological polar surface area (TPSA) is 29.5 Å². The molecule has 0 aromatic heterocycles. The first-order valence-electron chi connectivity index (χ1n) is 7.83. The van der Waals surface area contributed by atoms with E-state index in [1.807, 2.05) is 30.0 Å². The Hall–Kier alpha value is -2.00. The average Bonchev–Trinajstić information content (AvgIpc) is 2.57. The van der Waals surface area contributed by atoms with Crippen molar-refractivity contribution in [1.29, 1.82) is 0 Å². The summed E-state index contributed by atoms with van der Waals surface area (Å²) in [6, 6.07) is 13.7. The van der Waals surface area contributed by atoms with E-state index >= 15 is 0 Å². The van der Waals surface area contributed by atoms with Crippen molar-refractivity contribution in [2.75, 3.05) is 6.54 Å². The number of amides is 1. The Balaban J connectivity index is 1.67. The number of aryl methyl sites for hydroxylation is 1. The maximum absolute atomic E-state index is 12.6. The Morgan fingerprint density at radius 3 is 2.70 bits per heavy atom. The Morgan fingerprint density at radius 2 is 1.96 bits per heavy atom. The van der Waals surface area contributed by atoms with Crippen LogP contribution < -0.4 is 4.74 Å². The molecule has 1 amide bonds. The minimum atomic E-state index is -0.513. The molecule has 0 N–H and O–H groups in total. The van der Waals surface area contributed by atoms with Gasteiger partial charge in [-0.05, 0) is 55.2 Å². The highest BCUT2D eigenvalue weighted by Gasteiger charge is 2.25. The fraction of sp³-hybridized carbons (Fsp3) is 0.316. The zero-order chi connectivity index (χ0) is 16.4. The van der Waals surface area contributed by atoms with E-state index in [4.69, 9.17) is 16.3 Å². The van der Waals surface area contributed by atoms with Gasteiger partial charge in [0.1, 0.15) is 5.75 Å². The molecule has 2 aromatic carbocycles. The van der Waals surface area contributed by atoms with Crippen LogP contribution in [0.15, 0.2) is 42.5 Å². The van der Waals surface area contributed by atoms with Gasteiger partial charge in [-0.25, -0.2) is 0 Å². The molecule has 4 heteroatoms. The van der Waals surface area contributed by atoms with E-state index < -0.39 is 6.10 Å². The quantitative estimate of drug-likeness (QED) is 0.851. The van der Waals surface area contributed by atoms with Gasteiger partial charge in [-0.2, -0.15) is 0 Å². The van der Waals surface area contributed by atoms with Crippen molar-refractivity contribution < 1.29 is 9.53 Å². The van der Waals surface area contributed by atoms with Crippen LogP contribution in [0.5, 0.6) is 5.75 Å². The summed E-state index contributed by atoms with van der Waals surface area (Å²) in [5, 5.41) is 0.698. The molecule has 1 aliphatic heterocycles. The van der Waals surface area contributed by atoms with Crippen LogP contribution >= 0.6 is 11.6 Å². The third-order valence-electron chi connectivity index (χ3n) is 4.23. The fourth-order valence-corrected chi connectivity index (χ4v) is 3.00. The van der Waals surface area contributed by atoms with Crippen LogP contribution in [0.1, 0.15) is 23.6 Å². The minimum Gasteiger partial charge on any atom is -0.481 e. The molecular weight excluding hydrogens is 310 g/mol. The number of halogens is 1. The number of rotatable bonds is 3. The van der Waals surface area contributed by atoms with E-state index in [0.29, 0.717) is 17.3 Å². The van der Waals surface area contributed by atoms with Gasteiger partial charge in [-0.1, -0.05) is 35.9 Å². The van der Waals surface area contributed by atoms with Gasteiger partial charge in [0, 0.05) is 18.1 Å². The lowest BCUT2D eigenvalue weighted by Gasteiger charge is -2.31. The molecule has 0 radical (unpaired) electrons. The summed E-state index contributed by atoms with van der Waals surface area (Å²) >= 11 is 6.02. The Morgan fingerprint density at radius 1 is 1.22 bits per heavy atom. The molecule has 3 rings (SSSR count). The summed E-state index contributed by atoms with van der Waals surface area (Å²) < 4.78 is 5.80. The summed E-state index contributed by atoms with van der Waals surface area (Å²) in [5.74, 6) is 0.692. The van der Waals surface area contributed by atoms with Gasteiger partial charge >= 0.3 is 0 Å². The van der Waals surface area contributed by atoms with Crippen LogP contribution in [0, 0.1) is 6.92 Å². The van der Waals surface area contributed by atoms with Crippen LogP contribution in [0.4, 0.5) is 0 Å². The van der Waals surface area contributed by atoms with E-state index in [1.54, 1.807) is 19.1 Å². The molecule has 1 heterocycles. The molecular formula is C19H20ClNO2. The SMILES string of the molecule is Cc1cc(O[C@H](C)C(=O)N2CCc3ccccc3C2)ccc1Cl. The van der Waals surface area contributed by atoms with E-state index in [0.717, 1.165) is 18.5 Å². The number of carbonyl (C=O) groups excluding carboxylic acids is 1. The number of fused-ring (bicyclic) bond motifs is 1. The summed E-state index contributed by atoms with van der Waals surface area (Å²) in [7, 11) is 0. The first kappa shape index (κ1) is 15.9. The van der Waals surface area contributed by atoms with Crippen LogP contribution in [-0.2, 0) is 17.8 Å². The second-order valence-corrected chi connectivity index (χ2v) is 6.36. The highest BCUT2D eigenvalue weighted by atomic mass is 35.5. The smallest absolute Gasteiger partial charge is 0.263 e. The largest absolute Gasteiger partial charge is 0.481 e. The lowest BCUT2D eigenvalue weighted by Crippen LogP contribution is -2.43. The van der Waals surface area contributed by atoms with Gasteiger partial charge in [0.25, 0.3) is 5.91 Å². The van der Waals surface area contributed by atoms with Crippen molar-refractivity contribution in [2.45, 2.75) is 32.9 Å². The lowest BCUT2D eigenvalue weighted by molar-refractivity contribution is -0.138. The van der Waals surface area contributed by atoms with Gasteiger partial charge in [-0.15, -0.1) is 0 Å². The highest BCUT2D eigenvalue weighted by molar-refractivity contribution is 6.31. The van der Waals surface area contributed by atoms with Crippen molar-refractivity contribution in [2.24, 2.45) is 0 Å². The first-order chi connectivity index (χ1) is 11.0. The second-order valence-electron chi connectivity index (χ2n) is 5.95. The Labute approximate surface area is 141 Å². The normalized spacial score (nSPS) is 15.0. The summed E-state index contributed by atoms with van der Waals surface area (Å²) in [6.07, 6.45) is 0.384. The number of ether oxygens (including phenoxy) is 1. The van der Waals surface area contributed by atoms with Gasteiger partial charge < -0.3 is 9.64 Å². The molecule has 0 unspecified atom stereocenters. The van der Waals surface area contributed by atoms with Crippen molar-refractivity contribution >= 4 is 17.5 Å². The van der Waals surface area contributed by atoms with Crippen molar-refractivity contribution in [1.82, 2.24) is 4.90 Å². The molecule has 0 fully saturated rings. The van der Waals surface area contributed by atoms with E-state index in [-0.39, 0.29) is 5.91 Å². The van der Waals surface area contributed by atoms with Crippen LogP contribution in [0.3, 0.4) is 0 Å². The highest BCUT2D eigenvalue weighted by Crippen LogP contribution is 2.23.